The minimum atomic E-state index is -0.611. The van der Waals surface area contributed by atoms with Gasteiger partial charge in [-0.2, -0.15) is 0 Å². The SMILES string of the molecule is COC1(C(=O)N2CCN(c3ccccc3)CC2)CCNCC1.Cl.Cl. The van der Waals surface area contributed by atoms with Gasteiger partial charge < -0.3 is 19.9 Å². The molecule has 2 heterocycles. The highest BCUT2D eigenvalue weighted by Crippen LogP contribution is 2.26. The van der Waals surface area contributed by atoms with E-state index in [1.165, 1.54) is 5.69 Å². The van der Waals surface area contributed by atoms with Crippen LogP contribution in [0.15, 0.2) is 30.3 Å². The van der Waals surface area contributed by atoms with E-state index in [1.807, 2.05) is 11.0 Å². The van der Waals surface area contributed by atoms with Gasteiger partial charge in [-0.15, -0.1) is 24.8 Å². The quantitative estimate of drug-likeness (QED) is 0.876. The molecule has 0 unspecified atom stereocenters. The summed E-state index contributed by atoms with van der Waals surface area (Å²) >= 11 is 0. The van der Waals surface area contributed by atoms with Crippen LogP contribution in [-0.2, 0) is 9.53 Å². The van der Waals surface area contributed by atoms with Crippen LogP contribution in [0.2, 0.25) is 0 Å². The maximum atomic E-state index is 12.9. The zero-order chi connectivity index (χ0) is 15.4. The average Bonchev–Trinajstić information content (AvgIpc) is 2.62. The summed E-state index contributed by atoms with van der Waals surface area (Å²) in [4.78, 5) is 17.2. The molecular weight excluding hydrogens is 349 g/mol. The molecule has 0 saturated carbocycles. The summed E-state index contributed by atoms with van der Waals surface area (Å²) in [6.45, 7) is 5.01. The van der Waals surface area contributed by atoms with Crippen LogP contribution in [0.25, 0.3) is 0 Å². The largest absolute Gasteiger partial charge is 0.368 e. The van der Waals surface area contributed by atoms with Crippen LogP contribution in [0.4, 0.5) is 5.69 Å². The number of benzene rings is 1. The number of ether oxygens (including phenoxy) is 1. The van der Waals surface area contributed by atoms with Gasteiger partial charge in [0.15, 0.2) is 0 Å². The first-order valence-corrected chi connectivity index (χ1v) is 8.10. The molecule has 2 aliphatic rings. The Labute approximate surface area is 156 Å². The molecule has 2 fully saturated rings. The van der Waals surface area contributed by atoms with Gasteiger partial charge in [-0.1, -0.05) is 18.2 Å². The zero-order valence-corrected chi connectivity index (χ0v) is 15.7. The first kappa shape index (κ1) is 21.0. The number of carbonyl (C=O) groups excluding carboxylic acids is 1. The van der Waals surface area contributed by atoms with Crippen LogP contribution in [0, 0.1) is 0 Å². The Kier molecular flexibility index (Phi) is 8.30. The van der Waals surface area contributed by atoms with Gasteiger partial charge in [0, 0.05) is 39.0 Å². The van der Waals surface area contributed by atoms with Gasteiger partial charge in [0.2, 0.25) is 0 Å². The number of carbonyl (C=O) groups is 1. The van der Waals surface area contributed by atoms with Gasteiger partial charge in [-0.3, -0.25) is 4.79 Å². The van der Waals surface area contributed by atoms with Crippen molar-refractivity contribution >= 4 is 36.4 Å². The lowest BCUT2D eigenvalue weighted by Gasteiger charge is -2.42. The molecule has 0 bridgehead atoms. The van der Waals surface area contributed by atoms with E-state index < -0.39 is 5.60 Å². The molecule has 0 spiro atoms. The lowest BCUT2D eigenvalue weighted by Crippen LogP contribution is -2.59. The molecule has 0 aliphatic carbocycles. The molecule has 1 N–H and O–H groups in total. The van der Waals surface area contributed by atoms with Gasteiger partial charge in [-0.05, 0) is 38.1 Å². The second-order valence-electron chi connectivity index (χ2n) is 6.06. The Morgan fingerprint density at radius 2 is 1.62 bits per heavy atom. The number of hydrogen-bond acceptors (Lipinski definition) is 4. The van der Waals surface area contributed by atoms with Crippen molar-refractivity contribution in [2.75, 3.05) is 51.3 Å². The number of anilines is 1. The second-order valence-corrected chi connectivity index (χ2v) is 6.06. The van der Waals surface area contributed by atoms with Gasteiger partial charge in [0.05, 0.1) is 0 Å². The Bertz CT molecular complexity index is 502. The van der Waals surface area contributed by atoms with Crippen molar-refractivity contribution in [3.05, 3.63) is 30.3 Å². The van der Waals surface area contributed by atoms with E-state index >= 15 is 0 Å². The van der Waals surface area contributed by atoms with Crippen LogP contribution < -0.4 is 10.2 Å². The highest BCUT2D eigenvalue weighted by Gasteiger charge is 2.42. The van der Waals surface area contributed by atoms with Crippen LogP contribution >= 0.6 is 24.8 Å². The van der Waals surface area contributed by atoms with Gasteiger partial charge in [-0.25, -0.2) is 0 Å². The van der Waals surface area contributed by atoms with Crippen molar-refractivity contribution in [1.29, 1.82) is 0 Å². The number of methoxy groups -OCH3 is 1. The lowest BCUT2D eigenvalue weighted by molar-refractivity contribution is -0.158. The number of nitrogens with zero attached hydrogens (tertiary/aromatic N) is 2. The summed E-state index contributed by atoms with van der Waals surface area (Å²) in [7, 11) is 1.67. The number of halogens is 2. The number of nitrogens with one attached hydrogen (secondary N) is 1. The molecule has 0 aromatic heterocycles. The smallest absolute Gasteiger partial charge is 0.255 e. The van der Waals surface area contributed by atoms with Crippen molar-refractivity contribution < 1.29 is 9.53 Å². The van der Waals surface area contributed by atoms with E-state index in [0.717, 1.165) is 52.1 Å². The fourth-order valence-electron chi connectivity index (χ4n) is 3.43. The minimum absolute atomic E-state index is 0. The predicted molar refractivity (Wildman–Crippen MR) is 102 cm³/mol. The minimum Gasteiger partial charge on any atom is -0.368 e. The van der Waals surface area contributed by atoms with Crippen molar-refractivity contribution in [3.63, 3.8) is 0 Å². The number of hydrogen-bond donors (Lipinski definition) is 1. The highest BCUT2D eigenvalue weighted by molar-refractivity contribution is 5.86. The highest BCUT2D eigenvalue weighted by atomic mass is 35.5. The molecule has 3 rings (SSSR count). The van der Waals surface area contributed by atoms with Crippen LogP contribution in [0.5, 0.6) is 0 Å². The fraction of sp³-hybridized carbons (Fsp3) is 0.588. The molecule has 1 amide bonds. The zero-order valence-electron chi connectivity index (χ0n) is 14.1. The topological polar surface area (TPSA) is 44.8 Å². The van der Waals surface area contributed by atoms with Crippen LogP contribution in [-0.4, -0.2) is 62.8 Å². The molecule has 1 aromatic carbocycles. The lowest BCUT2D eigenvalue weighted by atomic mass is 9.90. The van der Waals surface area contributed by atoms with Crippen LogP contribution in [0.1, 0.15) is 12.8 Å². The van der Waals surface area contributed by atoms with E-state index in [2.05, 4.69) is 34.5 Å². The van der Waals surface area contributed by atoms with Gasteiger partial charge >= 0.3 is 0 Å². The number of piperazine rings is 1. The average molecular weight is 376 g/mol. The Balaban J connectivity index is 0.00000144. The van der Waals surface area contributed by atoms with Gasteiger partial charge in [0.1, 0.15) is 5.60 Å². The number of piperidine rings is 1. The summed E-state index contributed by atoms with van der Waals surface area (Å²) < 4.78 is 5.66. The molecular formula is C17H27Cl2N3O2. The predicted octanol–water partition coefficient (Wildman–Crippen LogP) is 1.95. The maximum absolute atomic E-state index is 12.9. The standard InChI is InChI=1S/C17H25N3O2.2ClH/c1-22-17(7-9-18-10-8-17)16(21)20-13-11-19(12-14-20)15-5-3-2-4-6-15;;/h2-6,18H,7-14H2,1H3;2*1H. The summed E-state index contributed by atoms with van der Waals surface area (Å²) in [6.07, 6.45) is 1.53. The first-order chi connectivity index (χ1) is 10.7. The van der Waals surface area contributed by atoms with E-state index in [-0.39, 0.29) is 30.7 Å². The van der Waals surface area contributed by atoms with Gasteiger partial charge in [0.25, 0.3) is 5.91 Å². The van der Waals surface area contributed by atoms with Crippen LogP contribution in [0.3, 0.4) is 0 Å². The Hall–Kier alpha value is -1.01. The molecule has 136 valence electrons. The van der Waals surface area contributed by atoms with E-state index in [9.17, 15) is 4.79 Å². The molecule has 2 saturated heterocycles. The molecule has 0 atom stereocenters. The first-order valence-electron chi connectivity index (χ1n) is 8.10. The Morgan fingerprint density at radius 3 is 2.17 bits per heavy atom. The summed E-state index contributed by atoms with van der Waals surface area (Å²) in [5.74, 6) is 0.171. The molecule has 24 heavy (non-hydrogen) atoms. The molecule has 1 aromatic rings. The monoisotopic (exact) mass is 375 g/mol. The Morgan fingerprint density at radius 1 is 1.04 bits per heavy atom. The van der Waals surface area contributed by atoms with Crippen molar-refractivity contribution in [3.8, 4) is 0 Å². The van der Waals surface area contributed by atoms with Crippen molar-refractivity contribution in [2.45, 2.75) is 18.4 Å². The fourth-order valence-corrected chi connectivity index (χ4v) is 3.43. The normalized spacial score (nSPS) is 19.9. The number of rotatable bonds is 3. The summed E-state index contributed by atoms with van der Waals surface area (Å²) in [6, 6.07) is 10.4. The maximum Gasteiger partial charge on any atom is 0.255 e. The number of para-hydroxylation sites is 1. The van der Waals surface area contributed by atoms with E-state index in [4.69, 9.17) is 4.74 Å². The number of amides is 1. The third-order valence-electron chi connectivity index (χ3n) is 4.88. The third-order valence-corrected chi connectivity index (χ3v) is 4.88. The molecule has 2 aliphatic heterocycles. The molecule has 7 heteroatoms. The van der Waals surface area contributed by atoms with Crippen molar-refractivity contribution in [1.82, 2.24) is 10.2 Å². The summed E-state index contributed by atoms with van der Waals surface area (Å²) in [5, 5.41) is 3.30. The second kappa shape index (κ2) is 9.47. The summed E-state index contributed by atoms with van der Waals surface area (Å²) in [5.41, 5.74) is 0.623. The van der Waals surface area contributed by atoms with Crippen molar-refractivity contribution in [2.24, 2.45) is 0 Å². The molecule has 0 radical (unpaired) electrons. The third kappa shape index (κ3) is 4.33. The molecule has 5 nitrogen and oxygen atoms in total. The van der Waals surface area contributed by atoms with E-state index in [1.54, 1.807) is 7.11 Å². The van der Waals surface area contributed by atoms with E-state index in [0.29, 0.717) is 0 Å².